The van der Waals surface area contributed by atoms with Crippen LogP contribution in [0.2, 0.25) is 0 Å². The number of carbonyl (C=O) groups excluding carboxylic acids is 2. The van der Waals surface area contributed by atoms with E-state index in [9.17, 15) is 14.7 Å². The average Bonchev–Trinajstić information content (AvgIpc) is 3.70. The Bertz CT molecular complexity index is 1380. The van der Waals surface area contributed by atoms with Crippen LogP contribution in [0.1, 0.15) is 515 Å². The molecular weight excluding hydrogens is 1120 g/mol. The van der Waals surface area contributed by atoms with E-state index >= 15 is 0 Å². The number of unbranched alkanes of at least 4 members (excludes halogenated alkanes) is 73. The number of ether oxygens (including phenoxy) is 2. The standard InChI is InChI=1S/C87H170O5/c1-3-5-7-9-11-13-15-17-19-21-23-25-27-29-31-33-35-37-39-41-42-43-44-46-47-49-51-53-55-57-59-61-63-65-67-69-71-73-75-77-79-81-86(89)91-84-85(83-88)92-87(90)82-80-78-76-74-72-70-68-66-64-62-60-58-56-54-52-50-48-45-40-38-36-34-32-30-28-26-24-22-20-18-16-14-12-10-8-6-4-2/h22,24,85,88H,3-21,23,25-84H2,1-2H3/b24-22-. The fourth-order valence-electron chi connectivity index (χ4n) is 14.1. The molecule has 548 valence electrons. The Balaban J connectivity index is 3.32. The molecule has 5 nitrogen and oxygen atoms in total. The van der Waals surface area contributed by atoms with E-state index in [-0.39, 0.29) is 25.2 Å². The molecule has 0 aromatic carbocycles. The van der Waals surface area contributed by atoms with Gasteiger partial charge < -0.3 is 14.6 Å². The van der Waals surface area contributed by atoms with Gasteiger partial charge in [0.2, 0.25) is 0 Å². The van der Waals surface area contributed by atoms with E-state index in [1.165, 1.54) is 456 Å². The molecule has 0 aliphatic rings. The van der Waals surface area contributed by atoms with Crippen molar-refractivity contribution in [1.29, 1.82) is 0 Å². The van der Waals surface area contributed by atoms with Crippen molar-refractivity contribution in [1.82, 2.24) is 0 Å². The van der Waals surface area contributed by atoms with E-state index in [0.29, 0.717) is 12.8 Å². The van der Waals surface area contributed by atoms with Crippen molar-refractivity contribution in [3.63, 3.8) is 0 Å². The Labute approximate surface area is 579 Å². The minimum absolute atomic E-state index is 0.0559. The number of esters is 2. The van der Waals surface area contributed by atoms with Crippen LogP contribution in [0, 0.1) is 0 Å². The summed E-state index contributed by atoms with van der Waals surface area (Å²) in [5.74, 6) is -0.556. The highest BCUT2D eigenvalue weighted by Crippen LogP contribution is 2.21. The van der Waals surface area contributed by atoms with E-state index in [0.717, 1.165) is 32.1 Å². The van der Waals surface area contributed by atoms with Gasteiger partial charge in [-0.2, -0.15) is 0 Å². The van der Waals surface area contributed by atoms with Gasteiger partial charge in [-0.15, -0.1) is 0 Å². The Hall–Kier alpha value is -1.36. The zero-order valence-electron chi connectivity index (χ0n) is 63.4. The molecule has 1 N–H and O–H groups in total. The zero-order valence-corrected chi connectivity index (χ0v) is 63.4. The van der Waals surface area contributed by atoms with Gasteiger partial charge in [0, 0.05) is 12.8 Å². The molecule has 0 bridgehead atoms. The highest BCUT2D eigenvalue weighted by molar-refractivity contribution is 5.70. The predicted molar refractivity (Wildman–Crippen MR) is 409 cm³/mol. The van der Waals surface area contributed by atoms with E-state index in [4.69, 9.17) is 9.47 Å². The zero-order chi connectivity index (χ0) is 66.1. The van der Waals surface area contributed by atoms with Crippen LogP contribution in [-0.4, -0.2) is 36.4 Å². The summed E-state index contributed by atoms with van der Waals surface area (Å²) in [4.78, 5) is 24.7. The molecule has 0 fully saturated rings. The highest BCUT2D eigenvalue weighted by atomic mass is 16.6. The summed E-state index contributed by atoms with van der Waals surface area (Å²) in [6.07, 6.45) is 111. The maximum atomic E-state index is 12.4. The van der Waals surface area contributed by atoms with Crippen molar-refractivity contribution in [2.75, 3.05) is 13.2 Å². The second-order valence-electron chi connectivity index (χ2n) is 30.0. The van der Waals surface area contributed by atoms with E-state index in [2.05, 4.69) is 26.0 Å². The third-order valence-electron chi connectivity index (χ3n) is 20.6. The molecule has 0 aromatic heterocycles. The van der Waals surface area contributed by atoms with Gasteiger partial charge >= 0.3 is 11.9 Å². The van der Waals surface area contributed by atoms with E-state index in [1.54, 1.807) is 0 Å². The molecule has 1 unspecified atom stereocenters. The summed E-state index contributed by atoms with van der Waals surface area (Å²) in [5.41, 5.74) is 0. The Morgan fingerprint density at radius 1 is 0.239 bits per heavy atom. The molecule has 0 saturated heterocycles. The number of aliphatic hydroxyl groups excluding tert-OH is 1. The predicted octanol–water partition coefficient (Wildman–Crippen LogP) is 30.5. The van der Waals surface area contributed by atoms with Crippen LogP contribution in [0.3, 0.4) is 0 Å². The van der Waals surface area contributed by atoms with Crippen LogP contribution in [0.5, 0.6) is 0 Å². The molecule has 0 heterocycles. The van der Waals surface area contributed by atoms with Crippen molar-refractivity contribution in [2.45, 2.75) is 521 Å². The molecule has 1 atom stereocenters. The minimum Gasteiger partial charge on any atom is -0.462 e. The van der Waals surface area contributed by atoms with E-state index < -0.39 is 6.10 Å². The molecule has 0 amide bonds. The van der Waals surface area contributed by atoms with Gasteiger partial charge in [0.25, 0.3) is 0 Å². The van der Waals surface area contributed by atoms with Gasteiger partial charge in [-0.1, -0.05) is 475 Å². The van der Waals surface area contributed by atoms with Crippen LogP contribution in [0.15, 0.2) is 12.2 Å². The first kappa shape index (κ1) is 90.6. The summed E-state index contributed by atoms with van der Waals surface area (Å²) < 4.78 is 10.8. The summed E-state index contributed by atoms with van der Waals surface area (Å²) in [6, 6.07) is 0. The maximum absolute atomic E-state index is 12.4. The molecule has 0 rings (SSSR count). The number of hydrogen-bond acceptors (Lipinski definition) is 5. The topological polar surface area (TPSA) is 72.8 Å². The second-order valence-corrected chi connectivity index (χ2v) is 30.0. The lowest BCUT2D eigenvalue weighted by atomic mass is 10.0. The van der Waals surface area contributed by atoms with Crippen LogP contribution in [0.4, 0.5) is 0 Å². The molecule has 0 aliphatic carbocycles. The van der Waals surface area contributed by atoms with Crippen molar-refractivity contribution in [3.8, 4) is 0 Å². The SMILES string of the molecule is CCCCCCCCCC/C=C\CCCCCCCCCCCCCCCCCCCCCCCCCCCC(=O)OC(CO)COC(=O)CCCCCCCCCCCCCCCCCCCCCCCCCCCCCCCCCCCCCCCCCCC. The van der Waals surface area contributed by atoms with Crippen molar-refractivity contribution < 1.29 is 24.2 Å². The Kier molecular flexibility index (Phi) is 82.6. The molecule has 0 saturated carbocycles. The highest BCUT2D eigenvalue weighted by Gasteiger charge is 2.16. The van der Waals surface area contributed by atoms with Gasteiger partial charge in [-0.05, 0) is 38.5 Å². The lowest BCUT2D eigenvalue weighted by Gasteiger charge is -2.15. The van der Waals surface area contributed by atoms with Gasteiger partial charge in [-0.3, -0.25) is 9.59 Å². The summed E-state index contributed by atoms with van der Waals surface area (Å²) in [5, 5.41) is 9.74. The monoisotopic (exact) mass is 1300 g/mol. The normalized spacial score (nSPS) is 12.1. The molecule has 0 aliphatic heterocycles. The van der Waals surface area contributed by atoms with Gasteiger partial charge in [0.05, 0.1) is 6.61 Å². The third kappa shape index (κ3) is 81.1. The molecular formula is C87H170O5. The summed E-state index contributed by atoms with van der Waals surface area (Å²) >= 11 is 0. The quantitative estimate of drug-likeness (QED) is 0.0373. The van der Waals surface area contributed by atoms with Crippen molar-refractivity contribution in [2.24, 2.45) is 0 Å². The third-order valence-corrected chi connectivity index (χ3v) is 20.6. The fraction of sp³-hybridized carbons (Fsp3) is 0.954. The van der Waals surface area contributed by atoms with Crippen LogP contribution in [-0.2, 0) is 19.1 Å². The summed E-state index contributed by atoms with van der Waals surface area (Å²) in [6.45, 7) is 4.23. The van der Waals surface area contributed by atoms with Gasteiger partial charge in [0.1, 0.15) is 6.61 Å². The molecule has 92 heavy (non-hydrogen) atoms. The lowest BCUT2D eigenvalue weighted by molar-refractivity contribution is -0.161. The second kappa shape index (κ2) is 83.9. The van der Waals surface area contributed by atoms with Gasteiger partial charge in [-0.25, -0.2) is 0 Å². The maximum Gasteiger partial charge on any atom is 0.306 e. The molecule has 0 aromatic rings. The number of rotatable bonds is 83. The van der Waals surface area contributed by atoms with Crippen LogP contribution >= 0.6 is 0 Å². The number of carbonyl (C=O) groups is 2. The molecule has 5 heteroatoms. The van der Waals surface area contributed by atoms with Crippen molar-refractivity contribution in [3.05, 3.63) is 12.2 Å². The number of allylic oxidation sites excluding steroid dienone is 2. The number of hydrogen-bond donors (Lipinski definition) is 1. The van der Waals surface area contributed by atoms with Gasteiger partial charge in [0.15, 0.2) is 6.10 Å². The summed E-state index contributed by atoms with van der Waals surface area (Å²) in [7, 11) is 0. The Morgan fingerprint density at radius 3 is 0.587 bits per heavy atom. The first-order valence-electron chi connectivity index (χ1n) is 43.2. The Morgan fingerprint density at radius 2 is 0.402 bits per heavy atom. The van der Waals surface area contributed by atoms with Crippen LogP contribution in [0.25, 0.3) is 0 Å². The smallest absolute Gasteiger partial charge is 0.306 e. The molecule has 0 radical (unpaired) electrons. The lowest BCUT2D eigenvalue weighted by Crippen LogP contribution is -2.28. The van der Waals surface area contributed by atoms with Crippen molar-refractivity contribution >= 4 is 11.9 Å². The first-order valence-corrected chi connectivity index (χ1v) is 43.2. The average molecular weight is 1300 g/mol. The fourth-order valence-corrected chi connectivity index (χ4v) is 14.1. The molecule has 0 spiro atoms. The number of aliphatic hydroxyl groups is 1. The largest absolute Gasteiger partial charge is 0.462 e. The van der Waals surface area contributed by atoms with Crippen LogP contribution < -0.4 is 0 Å². The van der Waals surface area contributed by atoms with E-state index in [1.807, 2.05) is 0 Å². The minimum atomic E-state index is -0.768. The first-order chi connectivity index (χ1) is 45.6.